The number of hydrogen-bond acceptors (Lipinski definition) is 2. The highest BCUT2D eigenvalue weighted by Crippen LogP contribution is 2.15. The second kappa shape index (κ2) is 6.54. The van der Waals surface area contributed by atoms with Crippen molar-refractivity contribution >= 4 is 23.0 Å². The average molecular weight is 234 g/mol. The van der Waals surface area contributed by atoms with E-state index in [9.17, 15) is 4.79 Å². The second-order valence-corrected chi connectivity index (χ2v) is 5.11. The van der Waals surface area contributed by atoms with Crippen molar-refractivity contribution in [2.24, 2.45) is 0 Å². The molecule has 0 spiro atoms. The third kappa shape index (κ3) is 4.23. The molecule has 0 N–H and O–H groups in total. The molecule has 0 aliphatic heterocycles. The molecule has 0 radical (unpaired) electrons. The van der Waals surface area contributed by atoms with Gasteiger partial charge in [-0.25, -0.2) is 0 Å². The largest absolute Gasteiger partial charge is 0.288 e. The Morgan fingerprint density at radius 3 is 2.50 bits per heavy atom. The van der Waals surface area contributed by atoms with Crippen LogP contribution < -0.4 is 0 Å². The summed E-state index contributed by atoms with van der Waals surface area (Å²) in [6.07, 6.45) is 5.24. The van der Waals surface area contributed by atoms with Gasteiger partial charge in [-0.15, -0.1) is 0 Å². The van der Waals surface area contributed by atoms with Crippen LogP contribution in [0.4, 0.5) is 0 Å². The lowest BCUT2D eigenvalue weighted by atomic mass is 10.0. The number of hydrogen-bond donors (Lipinski definition) is 0. The predicted octanol–water partition coefficient (Wildman–Crippen LogP) is 3.99. The average Bonchev–Trinajstić information content (AvgIpc) is 2.21. The maximum absolute atomic E-state index is 10.7. The van der Waals surface area contributed by atoms with Crippen LogP contribution in [0, 0.1) is 13.8 Å². The van der Waals surface area contributed by atoms with Crippen LogP contribution in [0.1, 0.15) is 30.0 Å². The van der Waals surface area contributed by atoms with E-state index in [1.165, 1.54) is 28.5 Å². The minimum atomic E-state index is 0.195. The van der Waals surface area contributed by atoms with Gasteiger partial charge in [0, 0.05) is 12.7 Å². The van der Waals surface area contributed by atoms with Gasteiger partial charge in [0.05, 0.1) is 0 Å². The molecule has 0 atom stereocenters. The molecular formula is C14H18OS. The van der Waals surface area contributed by atoms with Gasteiger partial charge in [0.1, 0.15) is 0 Å². The van der Waals surface area contributed by atoms with Crippen molar-refractivity contribution in [1.82, 2.24) is 0 Å². The highest BCUT2D eigenvalue weighted by atomic mass is 32.2. The summed E-state index contributed by atoms with van der Waals surface area (Å²) in [5, 5.41) is 0.195. The first-order valence-electron chi connectivity index (χ1n) is 5.47. The Balaban J connectivity index is 2.53. The van der Waals surface area contributed by atoms with Gasteiger partial charge >= 0.3 is 0 Å². The van der Waals surface area contributed by atoms with Crippen LogP contribution in [-0.2, 0) is 4.79 Å². The van der Waals surface area contributed by atoms with Crippen LogP contribution in [-0.4, -0.2) is 10.9 Å². The highest BCUT2D eigenvalue weighted by Gasteiger charge is 1.97. The molecule has 0 bridgehead atoms. The molecule has 0 fully saturated rings. The van der Waals surface area contributed by atoms with Gasteiger partial charge < -0.3 is 0 Å². The summed E-state index contributed by atoms with van der Waals surface area (Å²) in [5.74, 6) is 0.872. The monoisotopic (exact) mass is 234 g/mol. The lowest BCUT2D eigenvalue weighted by Gasteiger charge is -2.03. The number of benzene rings is 1. The van der Waals surface area contributed by atoms with Crippen molar-refractivity contribution in [3.63, 3.8) is 0 Å². The molecule has 0 amide bonds. The third-order valence-corrected chi connectivity index (χ3v) is 3.26. The molecule has 86 valence electrons. The molecular weight excluding hydrogens is 216 g/mol. The van der Waals surface area contributed by atoms with E-state index >= 15 is 0 Å². The number of thioether (sulfide) groups is 1. The second-order valence-electron chi connectivity index (χ2n) is 3.84. The molecule has 1 nitrogen and oxygen atoms in total. The number of carbonyl (C=O) groups excluding carboxylic acids is 1. The van der Waals surface area contributed by atoms with Gasteiger partial charge in [0.15, 0.2) is 5.12 Å². The summed E-state index contributed by atoms with van der Waals surface area (Å²) in [6, 6.07) is 6.32. The van der Waals surface area contributed by atoms with Crippen molar-refractivity contribution in [2.75, 3.05) is 5.75 Å². The standard InChI is InChI=1S/C14H18OS/c1-11-7-6-8-12(2)14(11)9-4-5-10-16-13(3)15/h4,6-9H,5,10H2,1-3H3. The SMILES string of the molecule is CC(=O)SCCC=Cc1c(C)cccc1C. The number of aryl methyl sites for hydroxylation is 2. The summed E-state index contributed by atoms with van der Waals surface area (Å²) in [5.41, 5.74) is 3.90. The van der Waals surface area contributed by atoms with Gasteiger partial charge in [-0.05, 0) is 37.0 Å². The van der Waals surface area contributed by atoms with Crippen LogP contribution in [0.25, 0.3) is 6.08 Å². The molecule has 1 aromatic rings. The normalized spacial score (nSPS) is 10.9. The fraction of sp³-hybridized carbons (Fsp3) is 0.357. The Labute approximate surface area is 102 Å². The van der Waals surface area contributed by atoms with Gasteiger partial charge in [-0.2, -0.15) is 0 Å². The predicted molar refractivity (Wildman–Crippen MR) is 72.7 cm³/mol. The van der Waals surface area contributed by atoms with E-state index in [4.69, 9.17) is 0 Å². The fourth-order valence-electron chi connectivity index (χ4n) is 1.56. The van der Waals surface area contributed by atoms with Crippen LogP contribution in [0.3, 0.4) is 0 Å². The molecule has 1 rings (SSSR count). The van der Waals surface area contributed by atoms with Gasteiger partial charge in [-0.1, -0.05) is 42.1 Å². The third-order valence-electron chi connectivity index (χ3n) is 2.42. The zero-order chi connectivity index (χ0) is 12.0. The number of allylic oxidation sites excluding steroid dienone is 1. The van der Waals surface area contributed by atoms with E-state index in [1.54, 1.807) is 6.92 Å². The summed E-state index contributed by atoms with van der Waals surface area (Å²) in [6.45, 7) is 5.86. The maximum Gasteiger partial charge on any atom is 0.185 e. The minimum Gasteiger partial charge on any atom is -0.288 e. The molecule has 1 aromatic carbocycles. The van der Waals surface area contributed by atoms with E-state index in [0.717, 1.165) is 12.2 Å². The molecule has 0 saturated heterocycles. The Bertz CT molecular complexity index is 373. The zero-order valence-electron chi connectivity index (χ0n) is 10.1. The van der Waals surface area contributed by atoms with Crippen LogP contribution in [0.2, 0.25) is 0 Å². The molecule has 16 heavy (non-hydrogen) atoms. The van der Waals surface area contributed by atoms with E-state index in [2.05, 4.69) is 44.2 Å². The topological polar surface area (TPSA) is 17.1 Å². The number of carbonyl (C=O) groups is 1. The van der Waals surface area contributed by atoms with Gasteiger partial charge in [0.25, 0.3) is 0 Å². The van der Waals surface area contributed by atoms with Crippen molar-refractivity contribution in [3.05, 3.63) is 41.0 Å². The summed E-state index contributed by atoms with van der Waals surface area (Å²) >= 11 is 1.38. The first-order chi connectivity index (χ1) is 7.61. The quantitative estimate of drug-likeness (QED) is 0.733. The lowest BCUT2D eigenvalue weighted by molar-refractivity contribution is -0.109. The van der Waals surface area contributed by atoms with Gasteiger partial charge in [0.2, 0.25) is 0 Å². The van der Waals surface area contributed by atoms with Gasteiger partial charge in [-0.3, -0.25) is 4.79 Å². The summed E-state index contributed by atoms with van der Waals surface area (Å²) in [4.78, 5) is 10.7. The number of rotatable bonds is 4. The van der Waals surface area contributed by atoms with Crippen LogP contribution in [0.5, 0.6) is 0 Å². The Hall–Kier alpha value is -1.02. The Morgan fingerprint density at radius 2 is 1.94 bits per heavy atom. The minimum absolute atomic E-state index is 0.195. The van der Waals surface area contributed by atoms with E-state index in [0.29, 0.717) is 0 Å². The first-order valence-corrected chi connectivity index (χ1v) is 6.46. The molecule has 2 heteroatoms. The highest BCUT2D eigenvalue weighted by molar-refractivity contribution is 8.13. The Morgan fingerprint density at radius 1 is 1.31 bits per heavy atom. The molecule has 0 heterocycles. The van der Waals surface area contributed by atoms with Crippen LogP contribution >= 0.6 is 11.8 Å². The molecule has 0 aromatic heterocycles. The van der Waals surface area contributed by atoms with E-state index in [1.807, 2.05) is 0 Å². The molecule has 0 unspecified atom stereocenters. The molecule has 0 aliphatic carbocycles. The van der Waals surface area contributed by atoms with E-state index < -0.39 is 0 Å². The van der Waals surface area contributed by atoms with Crippen molar-refractivity contribution < 1.29 is 4.79 Å². The van der Waals surface area contributed by atoms with Crippen molar-refractivity contribution in [2.45, 2.75) is 27.2 Å². The van der Waals surface area contributed by atoms with Crippen LogP contribution in [0.15, 0.2) is 24.3 Å². The van der Waals surface area contributed by atoms with Crippen molar-refractivity contribution in [1.29, 1.82) is 0 Å². The molecule has 0 aliphatic rings. The lowest BCUT2D eigenvalue weighted by Crippen LogP contribution is -1.86. The summed E-state index contributed by atoms with van der Waals surface area (Å²) < 4.78 is 0. The fourth-order valence-corrected chi connectivity index (χ4v) is 2.10. The molecule has 0 saturated carbocycles. The zero-order valence-corrected chi connectivity index (χ0v) is 10.9. The first kappa shape index (κ1) is 13.0. The smallest absolute Gasteiger partial charge is 0.185 e. The Kier molecular flexibility index (Phi) is 5.33. The van der Waals surface area contributed by atoms with Crippen molar-refractivity contribution in [3.8, 4) is 0 Å². The van der Waals surface area contributed by atoms with E-state index in [-0.39, 0.29) is 5.12 Å². The summed E-state index contributed by atoms with van der Waals surface area (Å²) in [7, 11) is 0. The maximum atomic E-state index is 10.7.